The van der Waals surface area contributed by atoms with E-state index < -0.39 is 5.82 Å². The van der Waals surface area contributed by atoms with E-state index in [1.807, 2.05) is 30.5 Å². The molecule has 6 nitrogen and oxygen atoms in total. The van der Waals surface area contributed by atoms with Crippen LogP contribution in [-0.4, -0.2) is 61.6 Å². The molecule has 0 fully saturated rings. The molecule has 0 N–H and O–H groups in total. The van der Waals surface area contributed by atoms with Crippen LogP contribution in [0.2, 0.25) is 5.02 Å². The van der Waals surface area contributed by atoms with E-state index in [1.54, 1.807) is 35.5 Å². The van der Waals surface area contributed by atoms with Crippen molar-refractivity contribution in [3.8, 4) is 5.75 Å². The number of rotatable bonds is 10. The van der Waals surface area contributed by atoms with Gasteiger partial charge in [0.2, 0.25) is 5.91 Å². The molecule has 0 saturated carbocycles. The summed E-state index contributed by atoms with van der Waals surface area (Å²) in [5, 5.41) is 2.70. The number of halogens is 2. The van der Waals surface area contributed by atoms with E-state index in [-0.39, 0.29) is 36.6 Å². The third-order valence-corrected chi connectivity index (χ3v) is 7.83. The van der Waals surface area contributed by atoms with E-state index in [0.717, 1.165) is 17.5 Å². The molecule has 0 spiro atoms. The molecule has 1 aliphatic heterocycles. The van der Waals surface area contributed by atoms with Gasteiger partial charge in [-0.15, -0.1) is 11.3 Å². The first-order valence-corrected chi connectivity index (χ1v) is 13.4. The predicted octanol–water partition coefficient (Wildman–Crippen LogP) is 5.53. The fraction of sp³-hybridized carbons (Fsp3) is 0.357. The zero-order valence-electron chi connectivity index (χ0n) is 20.9. The number of ether oxygens (including phenoxy) is 2. The number of carbonyl (C=O) groups is 2. The van der Waals surface area contributed by atoms with Crippen molar-refractivity contribution >= 4 is 34.8 Å². The van der Waals surface area contributed by atoms with Crippen molar-refractivity contribution in [2.45, 2.75) is 25.8 Å². The van der Waals surface area contributed by atoms with Crippen LogP contribution in [0.3, 0.4) is 0 Å². The Hall–Kier alpha value is -2.94. The van der Waals surface area contributed by atoms with Crippen molar-refractivity contribution in [3.63, 3.8) is 0 Å². The standard InChI is InChI=1S/C28H30ClFN2O4S/c1-19-15-22(7-8-24(19)29)36-18-25-23-10-14-37-26(23)9-12-32(25)27(33)17-31(11-4-13-35-2)28(34)20-5-3-6-21(30)16-20/h3,5-8,10,14-16,25H,4,9,11-13,17-18H2,1-2H3/t25-/m1/s1. The topological polar surface area (TPSA) is 59.1 Å². The van der Waals surface area contributed by atoms with Crippen molar-refractivity contribution in [3.05, 3.63) is 86.3 Å². The molecule has 3 aromatic rings. The number of nitrogens with zero attached hydrogens (tertiary/aromatic N) is 2. The zero-order valence-corrected chi connectivity index (χ0v) is 22.5. The van der Waals surface area contributed by atoms with Crippen LogP contribution in [0.4, 0.5) is 4.39 Å². The highest BCUT2D eigenvalue weighted by Crippen LogP contribution is 2.34. The lowest BCUT2D eigenvalue weighted by molar-refractivity contribution is -0.135. The summed E-state index contributed by atoms with van der Waals surface area (Å²) in [5.41, 5.74) is 2.19. The normalized spacial score (nSPS) is 14.8. The van der Waals surface area contributed by atoms with Crippen LogP contribution >= 0.6 is 22.9 Å². The van der Waals surface area contributed by atoms with E-state index in [9.17, 15) is 14.0 Å². The molecule has 2 aromatic carbocycles. The molecule has 9 heteroatoms. The molecular formula is C28H30ClFN2O4S. The van der Waals surface area contributed by atoms with Gasteiger partial charge < -0.3 is 19.3 Å². The number of hydrogen-bond acceptors (Lipinski definition) is 5. The number of benzene rings is 2. The summed E-state index contributed by atoms with van der Waals surface area (Å²) >= 11 is 7.83. The molecule has 0 aliphatic carbocycles. The van der Waals surface area contributed by atoms with Crippen LogP contribution in [0, 0.1) is 12.7 Å². The lowest BCUT2D eigenvalue weighted by atomic mass is 10.00. The van der Waals surface area contributed by atoms with Crippen molar-refractivity contribution in [1.82, 2.24) is 9.80 Å². The summed E-state index contributed by atoms with van der Waals surface area (Å²) < 4.78 is 25.1. The minimum Gasteiger partial charge on any atom is -0.491 e. The van der Waals surface area contributed by atoms with Gasteiger partial charge in [0.15, 0.2) is 0 Å². The van der Waals surface area contributed by atoms with Gasteiger partial charge in [-0.05, 0) is 78.7 Å². The van der Waals surface area contributed by atoms with Crippen LogP contribution in [0.15, 0.2) is 53.9 Å². The molecule has 4 rings (SSSR count). The minimum atomic E-state index is -0.496. The molecule has 0 bridgehead atoms. The average Bonchev–Trinajstić information content (AvgIpc) is 3.37. The highest BCUT2D eigenvalue weighted by molar-refractivity contribution is 7.10. The third kappa shape index (κ3) is 6.69. The quantitative estimate of drug-likeness (QED) is 0.315. The Morgan fingerprint density at radius 1 is 1.22 bits per heavy atom. The van der Waals surface area contributed by atoms with Gasteiger partial charge in [-0.2, -0.15) is 0 Å². The molecule has 1 atom stereocenters. The summed E-state index contributed by atoms with van der Waals surface area (Å²) in [5.74, 6) is -0.384. The Labute approximate surface area is 225 Å². The van der Waals surface area contributed by atoms with Gasteiger partial charge in [0.05, 0.1) is 6.04 Å². The Bertz CT molecular complexity index is 1250. The Kier molecular flexibility index (Phi) is 9.18. The Morgan fingerprint density at radius 3 is 2.81 bits per heavy atom. The van der Waals surface area contributed by atoms with Gasteiger partial charge in [0, 0.05) is 42.3 Å². The highest BCUT2D eigenvalue weighted by atomic mass is 35.5. The number of aryl methyl sites for hydroxylation is 1. The van der Waals surface area contributed by atoms with Gasteiger partial charge in [-0.1, -0.05) is 17.7 Å². The first-order valence-electron chi connectivity index (χ1n) is 12.2. The van der Waals surface area contributed by atoms with Crippen LogP contribution in [0.25, 0.3) is 0 Å². The van der Waals surface area contributed by atoms with E-state index in [4.69, 9.17) is 21.1 Å². The third-order valence-electron chi connectivity index (χ3n) is 6.41. The molecule has 0 unspecified atom stereocenters. The predicted molar refractivity (Wildman–Crippen MR) is 143 cm³/mol. The minimum absolute atomic E-state index is 0.116. The average molecular weight is 545 g/mol. The fourth-order valence-electron chi connectivity index (χ4n) is 4.47. The molecule has 196 valence electrons. The maximum atomic E-state index is 13.8. The SMILES string of the molecule is COCCCN(CC(=O)N1CCc2sccc2[C@H]1COc1ccc(Cl)c(C)c1)C(=O)c1cccc(F)c1. The van der Waals surface area contributed by atoms with Gasteiger partial charge in [-0.25, -0.2) is 4.39 Å². The van der Waals surface area contributed by atoms with Crippen LogP contribution in [0.5, 0.6) is 5.75 Å². The smallest absolute Gasteiger partial charge is 0.254 e. The molecule has 2 heterocycles. The monoisotopic (exact) mass is 544 g/mol. The summed E-state index contributed by atoms with van der Waals surface area (Å²) in [4.78, 5) is 31.4. The van der Waals surface area contributed by atoms with Crippen molar-refractivity contribution in [2.75, 3.05) is 40.0 Å². The number of fused-ring (bicyclic) bond motifs is 1. The summed E-state index contributed by atoms with van der Waals surface area (Å²) in [6, 6.07) is 12.8. The molecule has 2 amide bonds. The van der Waals surface area contributed by atoms with Gasteiger partial charge >= 0.3 is 0 Å². The number of methoxy groups -OCH3 is 1. The Balaban J connectivity index is 1.53. The second-order valence-corrected chi connectivity index (χ2v) is 10.4. The molecule has 0 radical (unpaired) electrons. The first-order chi connectivity index (χ1) is 17.9. The lowest BCUT2D eigenvalue weighted by Crippen LogP contribution is -2.48. The van der Waals surface area contributed by atoms with E-state index in [2.05, 4.69) is 0 Å². The van der Waals surface area contributed by atoms with Gasteiger partial charge in [-0.3, -0.25) is 9.59 Å². The summed E-state index contributed by atoms with van der Waals surface area (Å²) in [7, 11) is 1.59. The fourth-order valence-corrected chi connectivity index (χ4v) is 5.51. The Morgan fingerprint density at radius 2 is 2.05 bits per heavy atom. The first kappa shape index (κ1) is 27.1. The molecule has 37 heavy (non-hydrogen) atoms. The van der Waals surface area contributed by atoms with Crippen molar-refractivity contribution < 1.29 is 23.5 Å². The van der Waals surface area contributed by atoms with Crippen LogP contribution in [-0.2, 0) is 16.0 Å². The number of hydrogen-bond donors (Lipinski definition) is 0. The largest absolute Gasteiger partial charge is 0.491 e. The maximum Gasteiger partial charge on any atom is 0.254 e. The summed E-state index contributed by atoms with van der Waals surface area (Å²) in [6.45, 7) is 3.36. The zero-order chi connectivity index (χ0) is 26.4. The number of amides is 2. The van der Waals surface area contributed by atoms with E-state index in [0.29, 0.717) is 36.9 Å². The summed E-state index contributed by atoms with van der Waals surface area (Å²) in [6.07, 6.45) is 1.30. The van der Waals surface area contributed by atoms with E-state index >= 15 is 0 Å². The van der Waals surface area contributed by atoms with Gasteiger partial charge in [0.25, 0.3) is 5.91 Å². The molecule has 0 saturated heterocycles. The maximum absolute atomic E-state index is 13.8. The van der Waals surface area contributed by atoms with Gasteiger partial charge in [0.1, 0.15) is 24.7 Å². The molecule has 1 aromatic heterocycles. The van der Waals surface area contributed by atoms with Crippen molar-refractivity contribution in [2.24, 2.45) is 0 Å². The van der Waals surface area contributed by atoms with Crippen LogP contribution < -0.4 is 4.74 Å². The van der Waals surface area contributed by atoms with Crippen LogP contribution in [0.1, 0.15) is 38.8 Å². The lowest BCUT2D eigenvalue weighted by Gasteiger charge is -2.37. The second-order valence-electron chi connectivity index (χ2n) is 8.96. The molecular weight excluding hydrogens is 515 g/mol. The molecule has 1 aliphatic rings. The second kappa shape index (κ2) is 12.5. The van der Waals surface area contributed by atoms with E-state index in [1.165, 1.54) is 28.0 Å². The van der Waals surface area contributed by atoms with Crippen molar-refractivity contribution in [1.29, 1.82) is 0 Å². The number of carbonyl (C=O) groups excluding carboxylic acids is 2. The highest BCUT2D eigenvalue weighted by Gasteiger charge is 2.33. The number of thiophene rings is 1.